The Morgan fingerprint density at radius 3 is 1.74 bits per heavy atom. The number of fused-ring (bicyclic) bond motifs is 3. The van der Waals surface area contributed by atoms with Crippen molar-refractivity contribution in [3.63, 3.8) is 0 Å². The molecule has 0 spiro atoms. The lowest BCUT2D eigenvalue weighted by Gasteiger charge is -2.12. The smallest absolute Gasteiger partial charge is 0.195 e. The number of benzene rings is 3. The summed E-state index contributed by atoms with van der Waals surface area (Å²) in [4.78, 5) is 36.2. The van der Waals surface area contributed by atoms with Gasteiger partial charge in [-0.1, -0.05) is 66.7 Å². The molecule has 4 nitrogen and oxygen atoms in total. The molecule has 34 heavy (non-hydrogen) atoms. The summed E-state index contributed by atoms with van der Waals surface area (Å²) >= 11 is 2.88. The van der Waals surface area contributed by atoms with Crippen molar-refractivity contribution in [2.45, 2.75) is 10.1 Å². The lowest BCUT2D eigenvalue weighted by atomic mass is 10.00. The van der Waals surface area contributed by atoms with Gasteiger partial charge in [-0.05, 0) is 30.7 Å². The molecule has 0 aliphatic rings. The van der Waals surface area contributed by atoms with Crippen LogP contribution in [0.3, 0.4) is 0 Å². The highest BCUT2D eigenvalue weighted by Crippen LogP contribution is 2.32. The van der Waals surface area contributed by atoms with E-state index in [1.54, 1.807) is 0 Å². The lowest BCUT2D eigenvalue weighted by Crippen LogP contribution is -2.06. The van der Waals surface area contributed by atoms with Gasteiger partial charge >= 0.3 is 0 Å². The number of thioether (sulfide) groups is 2. The molecule has 0 aliphatic heterocycles. The molecular weight excluding hydrogens is 460 g/mol. The predicted molar refractivity (Wildman–Crippen MR) is 140 cm³/mol. The van der Waals surface area contributed by atoms with Crippen LogP contribution < -0.4 is 0 Å². The van der Waals surface area contributed by atoms with Crippen LogP contribution in [0.4, 0.5) is 0 Å². The van der Waals surface area contributed by atoms with Crippen molar-refractivity contribution in [2.24, 2.45) is 0 Å². The normalized spacial score (nSPS) is 11.1. The summed E-state index contributed by atoms with van der Waals surface area (Å²) < 4.78 is 0. The van der Waals surface area contributed by atoms with Crippen LogP contribution in [-0.4, -0.2) is 34.0 Å². The Labute approximate surface area is 205 Å². The molecule has 0 radical (unpaired) electrons. The quantitative estimate of drug-likeness (QED) is 0.153. The van der Waals surface area contributed by atoms with Gasteiger partial charge in [-0.3, -0.25) is 9.59 Å². The zero-order chi connectivity index (χ0) is 23.7. The highest BCUT2D eigenvalue weighted by Gasteiger charge is 2.20. The first kappa shape index (κ1) is 22.3. The Morgan fingerprint density at radius 2 is 1.18 bits per heavy atom. The molecule has 2 aromatic heterocycles. The summed E-state index contributed by atoms with van der Waals surface area (Å²) in [6.45, 7) is 0. The fourth-order valence-corrected chi connectivity index (χ4v) is 5.09. The van der Waals surface area contributed by atoms with Gasteiger partial charge in [-0.2, -0.15) is 0 Å². The Kier molecular flexibility index (Phi) is 6.18. The average Bonchev–Trinajstić information content (AvgIpc) is 2.91. The van der Waals surface area contributed by atoms with Crippen molar-refractivity contribution in [2.75, 3.05) is 12.5 Å². The van der Waals surface area contributed by atoms with Crippen molar-refractivity contribution in [3.8, 4) is 0 Å². The van der Waals surface area contributed by atoms with Gasteiger partial charge in [0.15, 0.2) is 11.6 Å². The van der Waals surface area contributed by atoms with Crippen LogP contribution in [0, 0.1) is 0 Å². The van der Waals surface area contributed by atoms with Crippen molar-refractivity contribution in [1.29, 1.82) is 0 Å². The number of carbonyl (C=O) groups excluding carboxylic acids is 2. The third-order valence-electron chi connectivity index (χ3n) is 5.66. The van der Waals surface area contributed by atoms with E-state index in [0.717, 1.165) is 21.8 Å². The van der Waals surface area contributed by atoms with Crippen LogP contribution in [0.2, 0.25) is 0 Å². The number of hydrogen-bond donors (Lipinski definition) is 0. The number of aromatic nitrogens is 2. The Balaban J connectivity index is 1.72. The third-order valence-corrected chi connectivity index (χ3v) is 7.05. The van der Waals surface area contributed by atoms with Crippen molar-refractivity contribution in [3.05, 3.63) is 107 Å². The fraction of sp³-hybridized carbons (Fsp3) is 0.0714. The average molecular weight is 481 g/mol. The van der Waals surface area contributed by atoms with E-state index >= 15 is 0 Å². The number of rotatable bonds is 6. The minimum absolute atomic E-state index is 0.0600. The van der Waals surface area contributed by atoms with E-state index in [2.05, 4.69) is 0 Å². The first-order chi connectivity index (χ1) is 16.6. The van der Waals surface area contributed by atoms with E-state index in [1.807, 2.05) is 97.4 Å². The summed E-state index contributed by atoms with van der Waals surface area (Å²) in [5.41, 5.74) is 3.86. The van der Waals surface area contributed by atoms with Crippen LogP contribution >= 0.6 is 23.5 Å². The number of pyridine rings is 2. The van der Waals surface area contributed by atoms with E-state index in [1.165, 1.54) is 23.5 Å². The van der Waals surface area contributed by atoms with Gasteiger partial charge in [0.25, 0.3) is 0 Å². The number of hydrogen-bond acceptors (Lipinski definition) is 6. The Morgan fingerprint density at radius 1 is 0.647 bits per heavy atom. The fourth-order valence-electron chi connectivity index (χ4n) is 3.98. The van der Waals surface area contributed by atoms with Gasteiger partial charge in [0.1, 0.15) is 10.1 Å². The third kappa shape index (κ3) is 4.00. The van der Waals surface area contributed by atoms with Crippen LogP contribution in [-0.2, 0) is 0 Å². The molecule has 0 bridgehead atoms. The van der Waals surface area contributed by atoms with E-state index in [0.29, 0.717) is 32.3 Å². The molecule has 0 unspecified atom stereocenters. The van der Waals surface area contributed by atoms with Crippen molar-refractivity contribution >= 4 is 56.9 Å². The monoisotopic (exact) mass is 480 g/mol. The summed E-state index contributed by atoms with van der Waals surface area (Å²) in [7, 11) is 0. The molecule has 0 amide bonds. The van der Waals surface area contributed by atoms with Gasteiger partial charge in [0, 0.05) is 21.9 Å². The van der Waals surface area contributed by atoms with Crippen LogP contribution in [0.5, 0.6) is 0 Å². The molecule has 6 heteroatoms. The van der Waals surface area contributed by atoms with E-state index < -0.39 is 0 Å². The molecule has 166 valence electrons. The molecule has 0 N–H and O–H groups in total. The molecule has 0 saturated heterocycles. The van der Waals surface area contributed by atoms with E-state index in [-0.39, 0.29) is 11.6 Å². The highest BCUT2D eigenvalue weighted by atomic mass is 32.2. The molecule has 0 atom stereocenters. The summed E-state index contributed by atoms with van der Waals surface area (Å²) in [6.07, 6.45) is 3.83. The SMILES string of the molecule is CSc1nc2ccc3cc(C(=O)c4ccccc4)c(SC)nc3c2cc1C(=O)c1ccccc1. The maximum atomic E-state index is 13.3. The lowest BCUT2D eigenvalue weighted by molar-refractivity contribution is 0.102. The summed E-state index contributed by atoms with van der Waals surface area (Å²) in [6, 6.07) is 26.1. The van der Waals surface area contributed by atoms with Gasteiger partial charge in [-0.25, -0.2) is 9.97 Å². The largest absolute Gasteiger partial charge is 0.289 e. The van der Waals surface area contributed by atoms with Crippen LogP contribution in [0.1, 0.15) is 31.8 Å². The zero-order valence-electron chi connectivity index (χ0n) is 18.6. The minimum Gasteiger partial charge on any atom is -0.289 e. The first-order valence-corrected chi connectivity index (χ1v) is 13.1. The second kappa shape index (κ2) is 9.41. The summed E-state index contributed by atoms with van der Waals surface area (Å²) in [5, 5.41) is 2.96. The number of carbonyl (C=O) groups is 2. The second-order valence-corrected chi connectivity index (χ2v) is 9.27. The predicted octanol–water partition coefficient (Wildman–Crippen LogP) is 6.69. The maximum absolute atomic E-state index is 13.3. The Bertz CT molecular complexity index is 1550. The topological polar surface area (TPSA) is 59.9 Å². The van der Waals surface area contributed by atoms with Gasteiger partial charge < -0.3 is 0 Å². The standard InChI is InChI=1S/C28H20N2O2S2/c1-33-27-22(26(32)18-11-7-4-8-12-18)16-20-23(29-27)14-13-19-15-21(28(34-2)30-24(19)20)25(31)17-9-5-3-6-10-17/h3-16H,1-2H3. The minimum atomic E-state index is -0.0719. The molecule has 3 aromatic carbocycles. The van der Waals surface area contributed by atoms with Crippen molar-refractivity contribution < 1.29 is 9.59 Å². The first-order valence-electron chi connectivity index (χ1n) is 10.7. The van der Waals surface area contributed by atoms with Gasteiger partial charge in [-0.15, -0.1) is 23.5 Å². The maximum Gasteiger partial charge on any atom is 0.195 e. The van der Waals surface area contributed by atoms with Crippen LogP contribution in [0.25, 0.3) is 21.8 Å². The van der Waals surface area contributed by atoms with E-state index in [9.17, 15) is 9.59 Å². The molecule has 0 fully saturated rings. The molecule has 5 rings (SSSR count). The molecule has 0 aliphatic carbocycles. The Hall–Kier alpha value is -3.48. The van der Waals surface area contributed by atoms with E-state index in [4.69, 9.17) is 9.97 Å². The molecular formula is C28H20N2O2S2. The number of nitrogens with zero attached hydrogens (tertiary/aromatic N) is 2. The number of ketones is 2. The van der Waals surface area contributed by atoms with Crippen LogP contribution in [0.15, 0.2) is 95.0 Å². The zero-order valence-corrected chi connectivity index (χ0v) is 20.2. The highest BCUT2D eigenvalue weighted by molar-refractivity contribution is 7.98. The van der Waals surface area contributed by atoms with Gasteiger partial charge in [0.05, 0.1) is 22.2 Å². The second-order valence-electron chi connectivity index (χ2n) is 7.68. The molecule has 0 saturated carbocycles. The molecule has 5 aromatic rings. The van der Waals surface area contributed by atoms with Crippen molar-refractivity contribution in [1.82, 2.24) is 9.97 Å². The van der Waals surface area contributed by atoms with Gasteiger partial charge in [0.2, 0.25) is 0 Å². The summed E-state index contributed by atoms with van der Waals surface area (Å²) in [5.74, 6) is -0.132. The molecule has 2 heterocycles.